The first kappa shape index (κ1) is 18.1. The summed E-state index contributed by atoms with van der Waals surface area (Å²) < 4.78 is 11.7. The number of anilines is 1. The van der Waals surface area contributed by atoms with Gasteiger partial charge < -0.3 is 9.47 Å². The van der Waals surface area contributed by atoms with Crippen LogP contribution >= 0.6 is 0 Å². The van der Waals surface area contributed by atoms with Crippen LogP contribution in [0.4, 0.5) is 10.5 Å². The van der Waals surface area contributed by atoms with Crippen LogP contribution in [0.3, 0.4) is 0 Å². The van der Waals surface area contributed by atoms with E-state index in [4.69, 9.17) is 9.47 Å². The number of hydrogen-bond donors (Lipinski definition) is 0. The lowest BCUT2D eigenvalue weighted by molar-refractivity contribution is -0.0313. The molecule has 0 radical (unpaired) electrons. The predicted octanol–water partition coefficient (Wildman–Crippen LogP) is 3.92. The first-order valence-electron chi connectivity index (χ1n) is 9.43. The molecule has 0 N–H and O–H groups in total. The van der Waals surface area contributed by atoms with Crippen molar-refractivity contribution in [2.45, 2.75) is 58.8 Å². The standard InChI is InChI=1S/C20H30N2O3/c1-14(2)22(17-6-5-7-18(12-17)24-15(3)4)20(23)25-19-13-21-10-8-16(19)9-11-21/h5-7,12,14-16,19H,8-11,13H2,1-4H3. The summed E-state index contributed by atoms with van der Waals surface area (Å²) in [5, 5.41) is 0. The summed E-state index contributed by atoms with van der Waals surface area (Å²) in [6, 6.07) is 7.70. The maximum absolute atomic E-state index is 12.9. The van der Waals surface area contributed by atoms with Crippen molar-refractivity contribution in [2.75, 3.05) is 24.5 Å². The molecule has 25 heavy (non-hydrogen) atoms. The largest absolute Gasteiger partial charge is 0.491 e. The number of ether oxygens (including phenoxy) is 2. The molecule has 138 valence electrons. The second kappa shape index (κ2) is 7.65. The third kappa shape index (κ3) is 4.27. The Kier molecular flexibility index (Phi) is 5.52. The van der Waals surface area contributed by atoms with Gasteiger partial charge in [-0.2, -0.15) is 0 Å². The van der Waals surface area contributed by atoms with Crippen molar-refractivity contribution >= 4 is 11.8 Å². The highest BCUT2D eigenvalue weighted by molar-refractivity contribution is 5.88. The minimum Gasteiger partial charge on any atom is -0.491 e. The lowest BCUT2D eigenvalue weighted by Crippen LogP contribution is -2.53. The zero-order valence-electron chi connectivity index (χ0n) is 15.8. The molecule has 3 aliphatic rings. The number of fused-ring (bicyclic) bond motifs is 3. The van der Waals surface area contributed by atoms with Crippen molar-refractivity contribution in [1.82, 2.24) is 4.90 Å². The number of carbonyl (C=O) groups excluding carboxylic acids is 1. The Morgan fingerprint density at radius 2 is 1.92 bits per heavy atom. The third-order valence-corrected chi connectivity index (χ3v) is 5.03. The topological polar surface area (TPSA) is 42.0 Å². The van der Waals surface area contributed by atoms with Gasteiger partial charge in [0.15, 0.2) is 0 Å². The Morgan fingerprint density at radius 3 is 2.48 bits per heavy atom. The zero-order chi connectivity index (χ0) is 18.0. The van der Waals surface area contributed by atoms with Gasteiger partial charge in [-0.25, -0.2) is 4.79 Å². The molecular weight excluding hydrogens is 316 g/mol. The SMILES string of the molecule is CC(C)Oc1cccc(N(C(=O)OC2CN3CCC2CC3)C(C)C)c1. The smallest absolute Gasteiger partial charge is 0.414 e. The van der Waals surface area contributed by atoms with Crippen LogP contribution in [0, 0.1) is 5.92 Å². The second-order valence-electron chi connectivity index (χ2n) is 7.69. The van der Waals surface area contributed by atoms with Crippen molar-refractivity contribution in [3.05, 3.63) is 24.3 Å². The van der Waals surface area contributed by atoms with Gasteiger partial charge in [-0.05, 0) is 71.7 Å². The van der Waals surface area contributed by atoms with Gasteiger partial charge in [0, 0.05) is 18.7 Å². The highest BCUT2D eigenvalue weighted by atomic mass is 16.6. The average molecular weight is 346 g/mol. The van der Waals surface area contributed by atoms with Gasteiger partial charge in [0.1, 0.15) is 11.9 Å². The molecule has 1 aromatic carbocycles. The summed E-state index contributed by atoms with van der Waals surface area (Å²) in [4.78, 5) is 17.0. The van der Waals surface area contributed by atoms with E-state index in [9.17, 15) is 4.79 Å². The number of rotatable bonds is 5. The Labute approximate surface area is 150 Å². The number of amides is 1. The van der Waals surface area contributed by atoms with Gasteiger partial charge in [-0.15, -0.1) is 0 Å². The molecule has 3 aliphatic heterocycles. The van der Waals surface area contributed by atoms with E-state index < -0.39 is 0 Å². The van der Waals surface area contributed by atoms with Crippen LogP contribution in [0.1, 0.15) is 40.5 Å². The highest BCUT2D eigenvalue weighted by Crippen LogP contribution is 2.31. The van der Waals surface area contributed by atoms with Gasteiger partial charge in [0.2, 0.25) is 0 Å². The number of benzene rings is 1. The van der Waals surface area contributed by atoms with Crippen LogP contribution in [0.25, 0.3) is 0 Å². The Morgan fingerprint density at radius 1 is 1.20 bits per heavy atom. The maximum Gasteiger partial charge on any atom is 0.414 e. The Hall–Kier alpha value is -1.75. The van der Waals surface area contributed by atoms with Crippen molar-refractivity contribution < 1.29 is 14.3 Å². The summed E-state index contributed by atoms with van der Waals surface area (Å²) in [7, 11) is 0. The fourth-order valence-electron chi connectivity index (χ4n) is 3.82. The highest BCUT2D eigenvalue weighted by Gasteiger charge is 2.37. The number of carbonyl (C=O) groups is 1. The lowest BCUT2D eigenvalue weighted by atomic mass is 9.86. The van der Waals surface area contributed by atoms with Crippen LogP contribution in [-0.4, -0.2) is 48.9 Å². The van der Waals surface area contributed by atoms with Crippen molar-refractivity contribution in [3.8, 4) is 5.75 Å². The molecule has 0 aromatic heterocycles. The van der Waals surface area contributed by atoms with E-state index >= 15 is 0 Å². The van der Waals surface area contributed by atoms with Crippen LogP contribution in [-0.2, 0) is 4.74 Å². The van der Waals surface area contributed by atoms with Crippen LogP contribution in [0.15, 0.2) is 24.3 Å². The molecule has 3 saturated heterocycles. The van der Waals surface area contributed by atoms with E-state index in [1.807, 2.05) is 52.0 Å². The normalized spacial score (nSPS) is 25.3. The molecule has 0 spiro atoms. The maximum atomic E-state index is 12.9. The molecule has 4 rings (SSSR count). The summed E-state index contributed by atoms with van der Waals surface area (Å²) in [6.45, 7) is 11.2. The van der Waals surface area contributed by atoms with E-state index in [0.29, 0.717) is 5.92 Å². The lowest BCUT2D eigenvalue weighted by Gasteiger charge is -2.44. The first-order valence-corrected chi connectivity index (χ1v) is 9.43. The van der Waals surface area contributed by atoms with Crippen molar-refractivity contribution in [3.63, 3.8) is 0 Å². The van der Waals surface area contributed by atoms with E-state index in [-0.39, 0.29) is 24.3 Å². The summed E-state index contributed by atoms with van der Waals surface area (Å²) >= 11 is 0. The van der Waals surface area contributed by atoms with E-state index in [2.05, 4.69) is 4.90 Å². The molecule has 0 saturated carbocycles. The molecule has 1 aromatic rings. The quantitative estimate of drug-likeness (QED) is 0.810. The molecule has 1 amide bonds. The van der Waals surface area contributed by atoms with Crippen molar-refractivity contribution in [2.24, 2.45) is 5.92 Å². The van der Waals surface area contributed by atoms with E-state index in [0.717, 1.165) is 43.9 Å². The fourth-order valence-corrected chi connectivity index (χ4v) is 3.82. The Bertz CT molecular complexity index is 594. The second-order valence-corrected chi connectivity index (χ2v) is 7.69. The van der Waals surface area contributed by atoms with E-state index in [1.165, 1.54) is 0 Å². The number of nitrogens with zero attached hydrogens (tertiary/aromatic N) is 2. The van der Waals surface area contributed by atoms with E-state index in [1.54, 1.807) is 4.90 Å². The Balaban J connectivity index is 1.73. The third-order valence-electron chi connectivity index (χ3n) is 5.03. The van der Waals surface area contributed by atoms with Gasteiger partial charge in [-0.3, -0.25) is 9.80 Å². The number of hydrogen-bond acceptors (Lipinski definition) is 4. The van der Waals surface area contributed by atoms with Gasteiger partial charge in [0.05, 0.1) is 11.8 Å². The average Bonchev–Trinajstić information content (AvgIpc) is 2.55. The van der Waals surface area contributed by atoms with Gasteiger partial charge in [0.25, 0.3) is 0 Å². The van der Waals surface area contributed by atoms with Crippen LogP contribution in [0.5, 0.6) is 5.75 Å². The zero-order valence-corrected chi connectivity index (χ0v) is 15.8. The molecular formula is C20H30N2O3. The monoisotopic (exact) mass is 346 g/mol. The van der Waals surface area contributed by atoms with Crippen LogP contribution < -0.4 is 9.64 Å². The summed E-state index contributed by atoms with van der Waals surface area (Å²) in [6.07, 6.45) is 2.14. The summed E-state index contributed by atoms with van der Waals surface area (Å²) in [5.41, 5.74) is 0.819. The van der Waals surface area contributed by atoms with Crippen molar-refractivity contribution in [1.29, 1.82) is 0 Å². The van der Waals surface area contributed by atoms with Gasteiger partial charge >= 0.3 is 6.09 Å². The fraction of sp³-hybridized carbons (Fsp3) is 0.650. The minimum absolute atomic E-state index is 0.0166. The number of piperidine rings is 3. The molecule has 3 fully saturated rings. The predicted molar refractivity (Wildman–Crippen MR) is 99.3 cm³/mol. The molecule has 5 heteroatoms. The molecule has 2 bridgehead atoms. The minimum atomic E-state index is -0.254. The van der Waals surface area contributed by atoms with Crippen LogP contribution in [0.2, 0.25) is 0 Å². The molecule has 1 atom stereocenters. The molecule has 3 heterocycles. The molecule has 1 unspecified atom stereocenters. The molecule has 0 aliphatic carbocycles. The van der Waals surface area contributed by atoms with Gasteiger partial charge in [-0.1, -0.05) is 6.07 Å². The molecule has 5 nitrogen and oxygen atoms in total. The first-order chi connectivity index (χ1) is 11.9. The summed E-state index contributed by atoms with van der Waals surface area (Å²) in [5.74, 6) is 1.28.